The zero-order valence-electron chi connectivity index (χ0n) is 16.3. The zero-order valence-corrected chi connectivity index (χ0v) is 16.3. The van der Waals surface area contributed by atoms with Crippen LogP contribution in [0.3, 0.4) is 0 Å². The fraction of sp³-hybridized carbons (Fsp3) is 0.455. The summed E-state index contributed by atoms with van der Waals surface area (Å²) in [5.41, 5.74) is 2.19. The van der Waals surface area contributed by atoms with Gasteiger partial charge in [-0.25, -0.2) is 0 Å². The normalized spacial score (nSPS) is 13.4. The number of aliphatic hydroxyl groups excluding tert-OH is 2. The Morgan fingerprint density at radius 1 is 0.643 bits per heavy atom. The van der Waals surface area contributed by atoms with Crippen LogP contribution >= 0.6 is 0 Å². The highest BCUT2D eigenvalue weighted by atomic mass is 16.5. The summed E-state index contributed by atoms with van der Waals surface area (Å²) in [6.07, 6.45) is -1.08. The molecule has 0 spiro atoms. The van der Waals surface area contributed by atoms with Gasteiger partial charge in [-0.2, -0.15) is 0 Å². The van der Waals surface area contributed by atoms with Gasteiger partial charge in [0.25, 0.3) is 0 Å². The first-order valence-corrected chi connectivity index (χ1v) is 9.75. The minimum atomic E-state index is -0.541. The van der Waals surface area contributed by atoms with Gasteiger partial charge in [0.1, 0.15) is 0 Å². The van der Waals surface area contributed by atoms with Crippen molar-refractivity contribution >= 4 is 0 Å². The molecule has 2 atom stereocenters. The molecule has 154 valence electrons. The Morgan fingerprint density at radius 3 is 1.43 bits per heavy atom. The molecule has 4 N–H and O–H groups in total. The van der Waals surface area contributed by atoms with E-state index in [4.69, 9.17) is 9.47 Å². The Bertz CT molecular complexity index is 557. The highest BCUT2D eigenvalue weighted by Crippen LogP contribution is 2.01. The van der Waals surface area contributed by atoms with Gasteiger partial charge in [-0.05, 0) is 11.1 Å². The van der Waals surface area contributed by atoms with E-state index in [0.717, 1.165) is 11.1 Å². The molecule has 2 rings (SSSR count). The zero-order chi connectivity index (χ0) is 19.9. The second-order valence-corrected chi connectivity index (χ2v) is 6.72. The van der Waals surface area contributed by atoms with E-state index in [0.29, 0.717) is 52.6 Å². The van der Waals surface area contributed by atoms with Crippen LogP contribution in [0.4, 0.5) is 0 Å². The molecule has 6 heteroatoms. The predicted octanol–water partition coefficient (Wildman–Crippen LogP) is 1.32. The topological polar surface area (TPSA) is 83.0 Å². The first-order chi connectivity index (χ1) is 13.7. The van der Waals surface area contributed by atoms with Gasteiger partial charge < -0.3 is 30.3 Å². The van der Waals surface area contributed by atoms with Gasteiger partial charge in [-0.3, -0.25) is 0 Å². The second-order valence-electron chi connectivity index (χ2n) is 6.72. The summed E-state index contributed by atoms with van der Waals surface area (Å²) in [7, 11) is 0. The Morgan fingerprint density at radius 2 is 1.04 bits per heavy atom. The molecule has 2 unspecified atom stereocenters. The first-order valence-electron chi connectivity index (χ1n) is 9.75. The lowest BCUT2D eigenvalue weighted by Gasteiger charge is -2.14. The van der Waals surface area contributed by atoms with E-state index < -0.39 is 12.2 Å². The maximum atomic E-state index is 9.90. The largest absolute Gasteiger partial charge is 0.389 e. The van der Waals surface area contributed by atoms with Crippen molar-refractivity contribution in [3.05, 3.63) is 71.8 Å². The average molecular weight is 389 g/mol. The highest BCUT2D eigenvalue weighted by molar-refractivity contribution is 5.14. The monoisotopic (exact) mass is 388 g/mol. The summed E-state index contributed by atoms with van der Waals surface area (Å²) < 4.78 is 11.0. The van der Waals surface area contributed by atoms with Crippen molar-refractivity contribution in [1.29, 1.82) is 0 Å². The molecule has 0 saturated heterocycles. The van der Waals surface area contributed by atoms with Gasteiger partial charge in [-0.15, -0.1) is 0 Å². The summed E-state index contributed by atoms with van der Waals surface area (Å²) in [5, 5.41) is 26.1. The second kappa shape index (κ2) is 14.2. The number of benzene rings is 2. The minimum Gasteiger partial charge on any atom is -0.389 e. The molecule has 6 nitrogen and oxygen atoms in total. The highest BCUT2D eigenvalue weighted by Gasteiger charge is 2.05. The molecular weight excluding hydrogens is 356 g/mol. The molecule has 0 aromatic heterocycles. The molecule has 0 heterocycles. The third-order valence-electron chi connectivity index (χ3n) is 4.08. The van der Waals surface area contributed by atoms with E-state index in [1.807, 2.05) is 60.7 Å². The third-order valence-corrected chi connectivity index (χ3v) is 4.08. The molecule has 2 aromatic carbocycles. The van der Waals surface area contributed by atoms with E-state index >= 15 is 0 Å². The summed E-state index contributed by atoms with van der Waals surface area (Å²) in [4.78, 5) is 0. The van der Waals surface area contributed by atoms with Crippen molar-refractivity contribution in [2.24, 2.45) is 0 Å². The van der Waals surface area contributed by atoms with Crippen molar-refractivity contribution in [2.75, 3.05) is 39.4 Å². The maximum absolute atomic E-state index is 9.90. The van der Waals surface area contributed by atoms with Gasteiger partial charge >= 0.3 is 0 Å². The number of aliphatic hydroxyl groups is 2. The van der Waals surface area contributed by atoms with E-state index in [9.17, 15) is 10.2 Å². The molecule has 0 aliphatic rings. The Labute approximate surface area is 167 Å². The van der Waals surface area contributed by atoms with E-state index in [2.05, 4.69) is 10.6 Å². The Balaban J connectivity index is 1.39. The van der Waals surface area contributed by atoms with Crippen LogP contribution < -0.4 is 10.6 Å². The summed E-state index contributed by atoms with van der Waals surface area (Å²) in [5.74, 6) is 0. The van der Waals surface area contributed by atoms with Gasteiger partial charge in [0.15, 0.2) is 0 Å². The average Bonchev–Trinajstić information content (AvgIpc) is 2.72. The van der Waals surface area contributed by atoms with Crippen LogP contribution in [0.25, 0.3) is 0 Å². The summed E-state index contributed by atoms with van der Waals surface area (Å²) in [6.45, 7) is 3.95. The smallest absolute Gasteiger partial charge is 0.0897 e. The number of rotatable bonds is 15. The van der Waals surface area contributed by atoms with Crippen LogP contribution in [-0.4, -0.2) is 61.8 Å². The number of ether oxygens (including phenoxy) is 2. The summed E-state index contributed by atoms with van der Waals surface area (Å²) >= 11 is 0. The fourth-order valence-electron chi connectivity index (χ4n) is 2.61. The number of nitrogens with one attached hydrogen (secondary N) is 2. The molecule has 0 aliphatic heterocycles. The molecule has 2 aromatic rings. The van der Waals surface area contributed by atoms with Crippen molar-refractivity contribution in [2.45, 2.75) is 25.4 Å². The lowest BCUT2D eigenvalue weighted by Crippen LogP contribution is -2.37. The summed E-state index contributed by atoms with van der Waals surface area (Å²) in [6, 6.07) is 19.8. The molecule has 0 bridgehead atoms. The van der Waals surface area contributed by atoms with Crippen LogP contribution in [0.1, 0.15) is 11.1 Å². The van der Waals surface area contributed by atoms with Gasteiger partial charge in [0.05, 0.1) is 38.6 Å². The third kappa shape index (κ3) is 10.5. The minimum absolute atomic E-state index is 0.298. The standard InChI is InChI=1S/C22H32N2O4/c25-21(17-27-15-19-7-3-1-4-8-19)13-23-11-12-24-14-22(26)18-28-16-20-9-5-2-6-10-20/h1-10,21-26H,11-18H2. The Kier molecular flexibility index (Phi) is 11.4. The van der Waals surface area contributed by atoms with Gasteiger partial charge in [-0.1, -0.05) is 60.7 Å². The van der Waals surface area contributed by atoms with Crippen molar-refractivity contribution in [1.82, 2.24) is 10.6 Å². The predicted molar refractivity (Wildman–Crippen MR) is 110 cm³/mol. The fourth-order valence-corrected chi connectivity index (χ4v) is 2.61. The Hall–Kier alpha value is -1.80. The molecule has 0 radical (unpaired) electrons. The molecule has 0 aliphatic carbocycles. The van der Waals surface area contributed by atoms with Crippen molar-refractivity contribution < 1.29 is 19.7 Å². The number of hydrogen-bond donors (Lipinski definition) is 4. The number of hydrogen-bond acceptors (Lipinski definition) is 6. The first kappa shape index (κ1) is 22.5. The van der Waals surface area contributed by atoms with Crippen LogP contribution in [0.5, 0.6) is 0 Å². The van der Waals surface area contributed by atoms with Crippen LogP contribution in [-0.2, 0) is 22.7 Å². The maximum Gasteiger partial charge on any atom is 0.0897 e. The van der Waals surface area contributed by atoms with E-state index in [1.54, 1.807) is 0 Å². The van der Waals surface area contributed by atoms with Crippen molar-refractivity contribution in [3.8, 4) is 0 Å². The molecule has 0 amide bonds. The lowest BCUT2D eigenvalue weighted by atomic mass is 10.2. The molecule has 0 fully saturated rings. The quantitative estimate of drug-likeness (QED) is 0.345. The molecule has 0 saturated carbocycles. The van der Waals surface area contributed by atoms with Crippen LogP contribution in [0, 0.1) is 0 Å². The van der Waals surface area contributed by atoms with Crippen LogP contribution in [0.15, 0.2) is 60.7 Å². The lowest BCUT2D eigenvalue weighted by molar-refractivity contribution is 0.0274. The SMILES string of the molecule is OC(CNCCNCC(O)COCc1ccccc1)COCc1ccccc1. The van der Waals surface area contributed by atoms with Gasteiger partial charge in [0.2, 0.25) is 0 Å². The van der Waals surface area contributed by atoms with Crippen LogP contribution in [0.2, 0.25) is 0 Å². The molecular formula is C22H32N2O4. The van der Waals surface area contributed by atoms with E-state index in [1.165, 1.54) is 0 Å². The van der Waals surface area contributed by atoms with Crippen molar-refractivity contribution in [3.63, 3.8) is 0 Å². The van der Waals surface area contributed by atoms with E-state index in [-0.39, 0.29) is 0 Å². The van der Waals surface area contributed by atoms with Gasteiger partial charge in [0, 0.05) is 26.2 Å². The molecule has 28 heavy (non-hydrogen) atoms.